The van der Waals surface area contributed by atoms with Crippen LogP contribution >= 0.6 is 0 Å². The van der Waals surface area contributed by atoms with Crippen LogP contribution in [-0.4, -0.2) is 34.1 Å². The highest BCUT2D eigenvalue weighted by atomic mass is 32.2. The van der Waals surface area contributed by atoms with Crippen LogP contribution in [-0.2, 0) is 9.84 Å². The Morgan fingerprint density at radius 1 is 0.906 bits per heavy atom. The van der Waals surface area contributed by atoms with E-state index in [0.717, 1.165) is 24.2 Å². The van der Waals surface area contributed by atoms with Gasteiger partial charge in [-0.25, -0.2) is 13.2 Å². The molecule has 0 spiro atoms. The van der Waals surface area contributed by atoms with Gasteiger partial charge in [0.25, 0.3) is 0 Å². The van der Waals surface area contributed by atoms with Crippen molar-refractivity contribution >= 4 is 21.6 Å². The van der Waals surface area contributed by atoms with Crippen molar-refractivity contribution < 1.29 is 13.2 Å². The Morgan fingerprint density at radius 3 is 2.22 bits per heavy atom. The molecule has 32 heavy (non-hydrogen) atoms. The van der Waals surface area contributed by atoms with Gasteiger partial charge in [0.15, 0.2) is 0 Å². The Balaban J connectivity index is 1.52. The van der Waals surface area contributed by atoms with E-state index in [-0.39, 0.29) is 15.8 Å². The van der Waals surface area contributed by atoms with Crippen LogP contribution in [0.5, 0.6) is 0 Å². The normalized spacial score (nSPS) is 14.3. The van der Waals surface area contributed by atoms with Crippen molar-refractivity contribution in [2.75, 3.05) is 25.0 Å². The molecule has 7 nitrogen and oxygen atoms in total. The highest BCUT2D eigenvalue weighted by Gasteiger charge is 2.22. The van der Waals surface area contributed by atoms with Gasteiger partial charge in [-0.3, -0.25) is 10.9 Å². The van der Waals surface area contributed by atoms with Gasteiger partial charge >= 0.3 is 6.03 Å². The average Bonchev–Trinajstić information content (AvgIpc) is 3.32. The van der Waals surface area contributed by atoms with Crippen LogP contribution in [0.15, 0.2) is 82.6 Å². The summed E-state index contributed by atoms with van der Waals surface area (Å²) in [6.45, 7) is 4.12. The molecular formula is C24H26N4O3S. The van der Waals surface area contributed by atoms with Crippen molar-refractivity contribution in [3.8, 4) is 11.1 Å². The zero-order valence-electron chi connectivity index (χ0n) is 17.8. The van der Waals surface area contributed by atoms with Crippen LogP contribution in [0.1, 0.15) is 5.56 Å². The number of hydrazine groups is 1. The summed E-state index contributed by atoms with van der Waals surface area (Å²) in [6, 6.07) is 20.6. The van der Waals surface area contributed by atoms with Gasteiger partial charge in [-0.15, -0.1) is 0 Å². The van der Waals surface area contributed by atoms with Crippen molar-refractivity contribution in [3.63, 3.8) is 0 Å². The van der Waals surface area contributed by atoms with Gasteiger partial charge in [-0.2, -0.15) is 0 Å². The minimum atomic E-state index is -3.74. The van der Waals surface area contributed by atoms with E-state index in [1.165, 1.54) is 12.1 Å². The number of hydrogen-bond acceptors (Lipinski definition) is 5. The number of nitrogens with one attached hydrogen (secondary N) is 4. The number of rotatable bonds is 6. The first-order valence-electron chi connectivity index (χ1n) is 10.5. The first-order valence-corrected chi connectivity index (χ1v) is 11.9. The smallest absolute Gasteiger partial charge is 0.319 e. The van der Waals surface area contributed by atoms with Gasteiger partial charge in [-0.05, 0) is 48.4 Å². The number of anilines is 1. The van der Waals surface area contributed by atoms with Crippen molar-refractivity contribution in [2.24, 2.45) is 5.92 Å². The highest BCUT2D eigenvalue weighted by molar-refractivity contribution is 7.91. The number of carbonyl (C=O) groups excluding carboxylic acids is 1. The maximum Gasteiger partial charge on any atom is 0.319 e. The second-order valence-corrected chi connectivity index (χ2v) is 9.72. The molecule has 0 aromatic heterocycles. The second kappa shape index (κ2) is 9.52. The van der Waals surface area contributed by atoms with E-state index in [2.05, 4.69) is 21.5 Å². The number of benzene rings is 3. The third-order valence-electron chi connectivity index (χ3n) is 5.49. The molecule has 4 rings (SSSR count). The lowest BCUT2D eigenvalue weighted by Gasteiger charge is -2.14. The Hall–Kier alpha value is -3.20. The molecule has 0 radical (unpaired) electrons. The van der Waals surface area contributed by atoms with Crippen molar-refractivity contribution in [2.45, 2.75) is 16.7 Å². The molecule has 0 saturated carbocycles. The number of carbonyl (C=O) groups is 1. The molecule has 0 atom stereocenters. The van der Waals surface area contributed by atoms with Gasteiger partial charge in [0.1, 0.15) is 0 Å². The second-order valence-electron chi connectivity index (χ2n) is 7.80. The quantitative estimate of drug-likeness (QED) is 0.462. The van der Waals surface area contributed by atoms with Crippen LogP contribution in [0.3, 0.4) is 0 Å². The molecule has 4 N–H and O–H groups in total. The first kappa shape index (κ1) is 22.0. The molecule has 166 valence electrons. The summed E-state index contributed by atoms with van der Waals surface area (Å²) >= 11 is 0. The predicted molar refractivity (Wildman–Crippen MR) is 125 cm³/mol. The molecule has 1 aliphatic heterocycles. The van der Waals surface area contributed by atoms with Crippen LogP contribution in [0.25, 0.3) is 11.1 Å². The van der Waals surface area contributed by atoms with Crippen molar-refractivity contribution in [3.05, 3.63) is 78.4 Å². The third kappa shape index (κ3) is 4.83. The van der Waals surface area contributed by atoms with E-state index in [1.807, 2.05) is 43.3 Å². The Kier molecular flexibility index (Phi) is 6.55. The van der Waals surface area contributed by atoms with Crippen LogP contribution < -0.4 is 21.5 Å². The summed E-state index contributed by atoms with van der Waals surface area (Å²) < 4.78 is 26.8. The van der Waals surface area contributed by atoms with E-state index in [9.17, 15) is 13.2 Å². The van der Waals surface area contributed by atoms with E-state index >= 15 is 0 Å². The lowest BCUT2D eigenvalue weighted by molar-refractivity contribution is 0.250. The number of amides is 2. The molecule has 3 aromatic carbocycles. The molecule has 1 saturated heterocycles. The molecule has 1 fully saturated rings. The van der Waals surface area contributed by atoms with Gasteiger partial charge in [-0.1, -0.05) is 42.5 Å². The lowest BCUT2D eigenvalue weighted by atomic mass is 10.0. The summed E-state index contributed by atoms with van der Waals surface area (Å²) in [6.07, 6.45) is 0. The minimum Gasteiger partial charge on any atom is -0.337 e. The predicted octanol–water partition coefficient (Wildman–Crippen LogP) is 3.34. The molecule has 1 heterocycles. The summed E-state index contributed by atoms with van der Waals surface area (Å²) in [5.41, 5.74) is 9.12. The average molecular weight is 451 g/mol. The van der Waals surface area contributed by atoms with Gasteiger partial charge in [0.2, 0.25) is 9.84 Å². The molecule has 8 heteroatoms. The maximum atomic E-state index is 13.4. The third-order valence-corrected chi connectivity index (χ3v) is 7.32. The number of aryl methyl sites for hydroxylation is 1. The zero-order chi connectivity index (χ0) is 22.6. The molecular weight excluding hydrogens is 424 g/mol. The number of sulfone groups is 1. The first-order chi connectivity index (χ1) is 15.4. The summed E-state index contributed by atoms with van der Waals surface area (Å²) in [5.74, 6) is 0.335. The molecule has 1 aliphatic rings. The summed E-state index contributed by atoms with van der Waals surface area (Å²) in [4.78, 5) is 12.6. The van der Waals surface area contributed by atoms with Crippen LogP contribution in [0.4, 0.5) is 10.5 Å². The minimum absolute atomic E-state index is 0.174. The van der Waals surface area contributed by atoms with Gasteiger partial charge < -0.3 is 10.6 Å². The monoisotopic (exact) mass is 450 g/mol. The van der Waals surface area contributed by atoms with Crippen LogP contribution in [0, 0.1) is 12.8 Å². The van der Waals surface area contributed by atoms with Crippen LogP contribution in [0.2, 0.25) is 0 Å². The lowest BCUT2D eigenvalue weighted by Crippen LogP contribution is -2.34. The van der Waals surface area contributed by atoms with Crippen molar-refractivity contribution in [1.82, 2.24) is 16.2 Å². The molecule has 0 aliphatic carbocycles. The van der Waals surface area contributed by atoms with E-state index in [4.69, 9.17) is 0 Å². The Bertz CT molecular complexity index is 1200. The fourth-order valence-electron chi connectivity index (χ4n) is 3.70. The highest BCUT2D eigenvalue weighted by Crippen LogP contribution is 2.33. The number of hydrogen-bond donors (Lipinski definition) is 4. The fraction of sp³-hybridized carbons (Fsp3) is 0.208. The van der Waals surface area contributed by atoms with E-state index in [1.54, 1.807) is 24.3 Å². The topological polar surface area (TPSA) is 99.3 Å². The van der Waals surface area contributed by atoms with E-state index in [0.29, 0.717) is 23.7 Å². The molecule has 0 unspecified atom stereocenters. The van der Waals surface area contributed by atoms with E-state index < -0.39 is 9.84 Å². The molecule has 3 aromatic rings. The molecule has 2 amide bonds. The standard InChI is InChI=1S/C24H26N4O3S/c1-17-6-2-3-7-21(17)22-8-4-5-9-23(22)32(30,31)20-12-10-19(11-13-20)28-24(29)25-14-18-15-26-27-16-18/h2-13,18,26-27H,14-16H2,1H3,(H2,25,28,29). The molecule has 0 bridgehead atoms. The largest absolute Gasteiger partial charge is 0.337 e. The number of urea groups is 1. The van der Waals surface area contributed by atoms with Crippen molar-refractivity contribution in [1.29, 1.82) is 0 Å². The SMILES string of the molecule is Cc1ccccc1-c1ccccc1S(=O)(=O)c1ccc(NC(=O)NCC2CNNC2)cc1. The Morgan fingerprint density at radius 2 is 1.53 bits per heavy atom. The summed E-state index contributed by atoms with van der Waals surface area (Å²) in [5, 5.41) is 5.57. The zero-order valence-corrected chi connectivity index (χ0v) is 18.6. The summed E-state index contributed by atoms with van der Waals surface area (Å²) in [7, 11) is -3.74. The van der Waals surface area contributed by atoms with Gasteiger partial charge in [0, 0.05) is 36.8 Å². The fourth-order valence-corrected chi connectivity index (χ4v) is 5.18. The Labute approximate surface area is 188 Å². The van der Waals surface area contributed by atoms with Gasteiger partial charge in [0.05, 0.1) is 9.79 Å². The maximum absolute atomic E-state index is 13.4.